The van der Waals surface area contributed by atoms with Gasteiger partial charge >= 0.3 is 0 Å². The number of amides is 1. The monoisotopic (exact) mass is 349 g/mol. The van der Waals surface area contributed by atoms with Crippen molar-refractivity contribution in [2.24, 2.45) is 0 Å². The summed E-state index contributed by atoms with van der Waals surface area (Å²) in [7, 11) is 4.12. The first-order chi connectivity index (χ1) is 12.4. The summed E-state index contributed by atoms with van der Waals surface area (Å²) in [5.41, 5.74) is 5.26. The third kappa shape index (κ3) is 2.76. The van der Waals surface area contributed by atoms with Gasteiger partial charge in [-0.2, -0.15) is 5.10 Å². The fraction of sp³-hybridized carbons (Fsp3) is 0.350. The van der Waals surface area contributed by atoms with Crippen LogP contribution in [0.2, 0.25) is 0 Å². The molecule has 0 aliphatic carbocycles. The summed E-state index contributed by atoms with van der Waals surface area (Å²) in [6.07, 6.45) is 2.80. The van der Waals surface area contributed by atoms with Crippen LogP contribution in [0.25, 0.3) is 5.65 Å². The van der Waals surface area contributed by atoms with Crippen LogP contribution < -0.4 is 4.90 Å². The molecule has 0 spiro atoms. The number of nitrogens with zero attached hydrogens (tertiary/aromatic N) is 5. The number of hydrogen-bond acceptors (Lipinski definition) is 4. The van der Waals surface area contributed by atoms with Crippen LogP contribution in [0, 0.1) is 13.8 Å². The van der Waals surface area contributed by atoms with Gasteiger partial charge in [-0.1, -0.05) is 18.2 Å². The normalized spacial score (nSPS) is 17.0. The molecule has 0 saturated heterocycles. The van der Waals surface area contributed by atoms with E-state index < -0.39 is 0 Å². The van der Waals surface area contributed by atoms with E-state index in [9.17, 15) is 4.79 Å². The number of aromatic nitrogens is 3. The van der Waals surface area contributed by atoms with E-state index in [0.717, 1.165) is 29.0 Å². The molecule has 4 rings (SSSR count). The first-order valence-electron chi connectivity index (χ1n) is 8.84. The molecule has 134 valence electrons. The van der Waals surface area contributed by atoms with E-state index in [4.69, 9.17) is 0 Å². The number of rotatable bonds is 2. The van der Waals surface area contributed by atoms with Gasteiger partial charge in [0.25, 0.3) is 5.91 Å². The summed E-state index contributed by atoms with van der Waals surface area (Å²) in [5.74, 6) is -0.0691. The van der Waals surface area contributed by atoms with E-state index in [1.165, 1.54) is 5.56 Å². The van der Waals surface area contributed by atoms with Gasteiger partial charge in [-0.3, -0.25) is 4.79 Å². The summed E-state index contributed by atoms with van der Waals surface area (Å²) in [5, 5.41) is 4.52. The van der Waals surface area contributed by atoms with Crippen molar-refractivity contribution in [1.29, 1.82) is 0 Å². The highest BCUT2D eigenvalue weighted by atomic mass is 16.2. The number of hydrogen-bond donors (Lipinski definition) is 0. The van der Waals surface area contributed by atoms with Crippen LogP contribution in [0.15, 0.2) is 36.5 Å². The first-order valence-corrected chi connectivity index (χ1v) is 8.84. The predicted molar refractivity (Wildman–Crippen MR) is 102 cm³/mol. The van der Waals surface area contributed by atoms with E-state index in [1.54, 1.807) is 4.52 Å². The van der Waals surface area contributed by atoms with Crippen molar-refractivity contribution >= 4 is 17.2 Å². The van der Waals surface area contributed by atoms with Crippen LogP contribution in [0.3, 0.4) is 0 Å². The number of imidazole rings is 1. The predicted octanol–water partition coefficient (Wildman–Crippen LogP) is 2.48. The maximum absolute atomic E-state index is 13.3. The number of para-hydroxylation sites is 1. The van der Waals surface area contributed by atoms with E-state index in [2.05, 4.69) is 35.1 Å². The van der Waals surface area contributed by atoms with Gasteiger partial charge in [0, 0.05) is 18.3 Å². The number of anilines is 1. The van der Waals surface area contributed by atoms with Crippen molar-refractivity contribution in [2.45, 2.75) is 26.3 Å². The molecule has 1 unspecified atom stereocenters. The Balaban J connectivity index is 1.77. The van der Waals surface area contributed by atoms with Gasteiger partial charge < -0.3 is 9.80 Å². The molecule has 0 saturated carbocycles. The average Bonchev–Trinajstić information content (AvgIpc) is 3.01. The summed E-state index contributed by atoms with van der Waals surface area (Å²) in [4.78, 5) is 21.9. The molecule has 1 aliphatic heterocycles. The first kappa shape index (κ1) is 16.7. The van der Waals surface area contributed by atoms with Crippen LogP contribution >= 0.6 is 0 Å². The molecule has 6 heteroatoms. The van der Waals surface area contributed by atoms with Gasteiger partial charge in [0.15, 0.2) is 5.65 Å². The van der Waals surface area contributed by atoms with E-state index in [0.29, 0.717) is 12.2 Å². The molecule has 0 fully saturated rings. The third-order valence-corrected chi connectivity index (χ3v) is 5.06. The SMILES string of the molecule is Cc1cn2nc(C(=O)N3CC(N(C)C)Cc4ccccc43)cc(C)c2n1. The maximum atomic E-state index is 13.3. The smallest absolute Gasteiger partial charge is 0.278 e. The molecule has 26 heavy (non-hydrogen) atoms. The van der Waals surface area contributed by atoms with Crippen molar-refractivity contribution in [3.8, 4) is 0 Å². The van der Waals surface area contributed by atoms with Crippen molar-refractivity contribution in [3.05, 3.63) is 59.0 Å². The Morgan fingerprint density at radius 3 is 2.77 bits per heavy atom. The van der Waals surface area contributed by atoms with Gasteiger partial charge in [0.2, 0.25) is 0 Å². The van der Waals surface area contributed by atoms with Crippen molar-refractivity contribution in [3.63, 3.8) is 0 Å². The number of carbonyl (C=O) groups excluding carboxylic acids is 1. The van der Waals surface area contributed by atoms with Crippen LogP contribution in [-0.4, -0.2) is 52.1 Å². The Morgan fingerprint density at radius 2 is 2.00 bits per heavy atom. The molecule has 0 N–H and O–H groups in total. The second kappa shape index (κ2) is 6.21. The summed E-state index contributed by atoms with van der Waals surface area (Å²) in [6, 6.07) is 10.3. The maximum Gasteiger partial charge on any atom is 0.278 e. The van der Waals surface area contributed by atoms with E-state index in [1.807, 2.05) is 49.2 Å². The number of fused-ring (bicyclic) bond motifs is 2. The molecular weight excluding hydrogens is 326 g/mol. The lowest BCUT2D eigenvalue weighted by Gasteiger charge is -2.37. The highest BCUT2D eigenvalue weighted by Gasteiger charge is 2.31. The van der Waals surface area contributed by atoms with E-state index >= 15 is 0 Å². The quantitative estimate of drug-likeness (QED) is 0.713. The Hall–Kier alpha value is -2.73. The van der Waals surface area contributed by atoms with Crippen LogP contribution in [0.1, 0.15) is 27.3 Å². The third-order valence-electron chi connectivity index (χ3n) is 5.06. The average molecular weight is 349 g/mol. The Kier molecular flexibility index (Phi) is 4.00. The number of aryl methyl sites for hydroxylation is 2. The molecule has 6 nitrogen and oxygen atoms in total. The number of carbonyl (C=O) groups is 1. The zero-order valence-electron chi connectivity index (χ0n) is 15.6. The van der Waals surface area contributed by atoms with Crippen molar-refractivity contribution < 1.29 is 4.79 Å². The molecular formula is C20H23N5O. The summed E-state index contributed by atoms with van der Waals surface area (Å²) >= 11 is 0. The Bertz CT molecular complexity index is 991. The van der Waals surface area contributed by atoms with Crippen LogP contribution in [0.4, 0.5) is 5.69 Å². The largest absolute Gasteiger partial charge is 0.305 e. The summed E-state index contributed by atoms with van der Waals surface area (Å²) < 4.78 is 1.71. The van der Waals surface area contributed by atoms with Crippen LogP contribution in [-0.2, 0) is 6.42 Å². The van der Waals surface area contributed by atoms with Crippen LogP contribution in [0.5, 0.6) is 0 Å². The van der Waals surface area contributed by atoms with Crippen molar-refractivity contribution in [1.82, 2.24) is 19.5 Å². The molecule has 2 aromatic heterocycles. The summed E-state index contributed by atoms with van der Waals surface area (Å²) in [6.45, 7) is 4.55. The van der Waals surface area contributed by atoms with Gasteiger partial charge in [0.05, 0.1) is 11.9 Å². The lowest BCUT2D eigenvalue weighted by molar-refractivity contribution is 0.0969. The molecule has 1 amide bonds. The Morgan fingerprint density at radius 1 is 1.23 bits per heavy atom. The fourth-order valence-corrected chi connectivity index (χ4v) is 3.60. The lowest BCUT2D eigenvalue weighted by atomic mass is 9.97. The molecule has 1 aliphatic rings. The molecule has 0 radical (unpaired) electrons. The number of likely N-dealkylation sites (N-methyl/N-ethyl adjacent to an activating group) is 1. The molecule has 1 atom stereocenters. The highest BCUT2D eigenvalue weighted by Crippen LogP contribution is 2.29. The Labute approximate surface area is 153 Å². The van der Waals surface area contributed by atoms with Gasteiger partial charge in [-0.15, -0.1) is 0 Å². The van der Waals surface area contributed by atoms with Crippen molar-refractivity contribution in [2.75, 3.05) is 25.5 Å². The topological polar surface area (TPSA) is 53.7 Å². The van der Waals surface area contributed by atoms with Gasteiger partial charge in [-0.25, -0.2) is 9.50 Å². The van der Waals surface area contributed by atoms with Gasteiger partial charge in [-0.05, 0) is 57.6 Å². The molecule has 3 aromatic rings. The van der Waals surface area contributed by atoms with E-state index in [-0.39, 0.29) is 11.9 Å². The molecule has 0 bridgehead atoms. The molecule has 1 aromatic carbocycles. The lowest BCUT2D eigenvalue weighted by Crippen LogP contribution is -2.48. The zero-order valence-corrected chi connectivity index (χ0v) is 15.6. The highest BCUT2D eigenvalue weighted by molar-refractivity contribution is 6.05. The second-order valence-corrected chi connectivity index (χ2v) is 7.23. The standard InChI is InChI=1S/C20H23N5O/c1-13-9-17(22-25-11-14(2)21-19(13)25)20(26)24-12-16(23(3)4)10-15-7-5-6-8-18(15)24/h5-9,11,16H,10,12H2,1-4H3. The minimum atomic E-state index is -0.0691. The minimum Gasteiger partial charge on any atom is -0.305 e. The van der Waals surface area contributed by atoms with Gasteiger partial charge in [0.1, 0.15) is 5.69 Å². The zero-order chi connectivity index (χ0) is 18.4. The second-order valence-electron chi connectivity index (χ2n) is 7.23. The molecule has 3 heterocycles. The fourth-order valence-electron chi connectivity index (χ4n) is 3.60. The number of benzene rings is 1. The minimum absolute atomic E-state index is 0.0691.